The summed E-state index contributed by atoms with van der Waals surface area (Å²) in [5.41, 5.74) is 1.84. The molecule has 1 aliphatic rings. The summed E-state index contributed by atoms with van der Waals surface area (Å²) in [6.07, 6.45) is 7.03. The van der Waals surface area contributed by atoms with Crippen molar-refractivity contribution in [2.75, 3.05) is 13.1 Å². The first-order valence-electron chi connectivity index (χ1n) is 9.20. The molecule has 4 heterocycles. The number of rotatable bonds is 5. The fourth-order valence-electron chi connectivity index (χ4n) is 3.51. The van der Waals surface area contributed by atoms with Gasteiger partial charge < -0.3 is 9.67 Å². The first kappa shape index (κ1) is 18.2. The average molecular weight is 387 g/mol. The number of likely N-dealkylation sites (tertiary alicyclic amines) is 1. The molecule has 4 rings (SSSR count). The highest BCUT2D eigenvalue weighted by molar-refractivity contribution is 6.30. The maximum Gasteiger partial charge on any atom is 0.136 e. The smallest absolute Gasteiger partial charge is 0.136 e. The van der Waals surface area contributed by atoms with Gasteiger partial charge in [-0.1, -0.05) is 16.8 Å². The summed E-state index contributed by atoms with van der Waals surface area (Å²) in [6, 6.07) is 8.31. The van der Waals surface area contributed by atoms with Gasteiger partial charge in [0.1, 0.15) is 11.5 Å². The molecule has 1 saturated heterocycles. The van der Waals surface area contributed by atoms with Crippen LogP contribution in [0, 0.1) is 0 Å². The van der Waals surface area contributed by atoms with Gasteiger partial charge in [-0.25, -0.2) is 9.67 Å². The zero-order valence-corrected chi connectivity index (χ0v) is 16.0. The Bertz CT molecular complexity index is 880. The molecule has 27 heavy (non-hydrogen) atoms. The van der Waals surface area contributed by atoms with Crippen LogP contribution in [0.25, 0.3) is 5.82 Å². The second-order valence-corrected chi connectivity index (χ2v) is 7.45. The monoisotopic (exact) mass is 386 g/mol. The van der Waals surface area contributed by atoms with Gasteiger partial charge in [-0.05, 0) is 44.0 Å². The number of aliphatic hydroxyl groups excluding tert-OH is 1. The van der Waals surface area contributed by atoms with Crippen molar-refractivity contribution in [2.45, 2.75) is 38.5 Å². The highest BCUT2D eigenvalue weighted by atomic mass is 35.5. The van der Waals surface area contributed by atoms with Crippen molar-refractivity contribution in [2.24, 2.45) is 0 Å². The minimum Gasteiger partial charge on any atom is -0.387 e. The third kappa shape index (κ3) is 4.05. The Morgan fingerprint density at radius 2 is 2.07 bits per heavy atom. The lowest BCUT2D eigenvalue weighted by molar-refractivity contribution is 0.169. The number of hydrogen-bond donors (Lipinski definition) is 1. The van der Waals surface area contributed by atoms with Crippen molar-refractivity contribution < 1.29 is 5.11 Å². The molecule has 1 fully saturated rings. The maximum absolute atomic E-state index is 9.62. The Morgan fingerprint density at radius 3 is 2.74 bits per heavy atom. The first-order valence-corrected chi connectivity index (χ1v) is 9.58. The third-order valence-electron chi connectivity index (χ3n) is 5.06. The largest absolute Gasteiger partial charge is 0.387 e. The summed E-state index contributed by atoms with van der Waals surface area (Å²) in [5, 5.41) is 18.5. The van der Waals surface area contributed by atoms with E-state index in [4.69, 9.17) is 11.6 Å². The molecule has 1 aliphatic heterocycles. The van der Waals surface area contributed by atoms with Gasteiger partial charge in [0.2, 0.25) is 0 Å². The van der Waals surface area contributed by atoms with Crippen molar-refractivity contribution in [3.8, 4) is 5.82 Å². The number of nitrogens with zero attached hydrogens (tertiary/aromatic N) is 6. The second-order valence-electron chi connectivity index (χ2n) is 7.01. The van der Waals surface area contributed by atoms with Gasteiger partial charge in [0.05, 0.1) is 23.4 Å². The number of aliphatic hydroxyl groups is 1. The molecular formula is C19H23ClN6O. The quantitative estimate of drug-likeness (QED) is 0.729. The predicted octanol–water partition coefficient (Wildman–Crippen LogP) is 3.01. The van der Waals surface area contributed by atoms with Gasteiger partial charge in [-0.3, -0.25) is 4.90 Å². The molecule has 3 aromatic rings. The fraction of sp³-hybridized carbons (Fsp3) is 0.421. The van der Waals surface area contributed by atoms with Crippen molar-refractivity contribution in [1.29, 1.82) is 0 Å². The number of aromatic nitrogens is 5. The molecule has 0 unspecified atom stereocenters. The van der Waals surface area contributed by atoms with Gasteiger partial charge in [0, 0.05) is 37.7 Å². The minimum atomic E-state index is -0.576. The molecule has 0 aliphatic carbocycles. The Kier molecular flexibility index (Phi) is 5.24. The van der Waals surface area contributed by atoms with E-state index in [1.54, 1.807) is 13.1 Å². The van der Waals surface area contributed by atoms with E-state index >= 15 is 0 Å². The normalized spacial score (nSPS) is 17.3. The van der Waals surface area contributed by atoms with E-state index in [1.807, 2.05) is 35.3 Å². The van der Waals surface area contributed by atoms with Crippen LogP contribution in [0.3, 0.4) is 0 Å². The molecule has 0 amide bonds. The summed E-state index contributed by atoms with van der Waals surface area (Å²) in [7, 11) is 0. The number of piperidine rings is 1. The zero-order chi connectivity index (χ0) is 18.8. The van der Waals surface area contributed by atoms with Gasteiger partial charge in [-0.2, -0.15) is 0 Å². The fourth-order valence-corrected chi connectivity index (χ4v) is 3.62. The maximum atomic E-state index is 9.62. The van der Waals surface area contributed by atoms with Crippen LogP contribution < -0.4 is 0 Å². The van der Waals surface area contributed by atoms with E-state index in [1.165, 1.54) is 5.69 Å². The highest BCUT2D eigenvalue weighted by Crippen LogP contribution is 2.24. The van der Waals surface area contributed by atoms with Crippen LogP contribution in [0.5, 0.6) is 0 Å². The van der Waals surface area contributed by atoms with Crippen LogP contribution in [0.2, 0.25) is 5.02 Å². The molecule has 7 nitrogen and oxygen atoms in total. The van der Waals surface area contributed by atoms with Crippen molar-refractivity contribution >= 4 is 11.6 Å². The Hall–Kier alpha value is -2.22. The summed E-state index contributed by atoms with van der Waals surface area (Å²) >= 11 is 5.95. The first-order chi connectivity index (χ1) is 13.1. The van der Waals surface area contributed by atoms with E-state index in [9.17, 15) is 5.11 Å². The molecule has 1 N–H and O–H groups in total. The Labute approximate surface area is 163 Å². The molecule has 0 aromatic carbocycles. The topological polar surface area (TPSA) is 72.0 Å². The van der Waals surface area contributed by atoms with Crippen LogP contribution in [-0.4, -0.2) is 47.6 Å². The summed E-state index contributed by atoms with van der Waals surface area (Å²) in [5.74, 6) is 0.877. The number of halogens is 1. The van der Waals surface area contributed by atoms with Gasteiger partial charge in [0.15, 0.2) is 0 Å². The Morgan fingerprint density at radius 1 is 1.26 bits per heavy atom. The lowest BCUT2D eigenvalue weighted by Crippen LogP contribution is -2.34. The summed E-state index contributed by atoms with van der Waals surface area (Å²) in [6.45, 7) is 4.57. The lowest BCUT2D eigenvalue weighted by Gasteiger charge is -2.31. The summed E-state index contributed by atoms with van der Waals surface area (Å²) in [4.78, 5) is 6.87. The molecule has 142 valence electrons. The van der Waals surface area contributed by atoms with Crippen molar-refractivity contribution in [1.82, 2.24) is 29.4 Å². The van der Waals surface area contributed by atoms with Crippen LogP contribution in [0.1, 0.15) is 43.3 Å². The van der Waals surface area contributed by atoms with Crippen LogP contribution in [0.15, 0.2) is 42.9 Å². The molecule has 0 radical (unpaired) electrons. The van der Waals surface area contributed by atoms with E-state index < -0.39 is 6.10 Å². The average Bonchev–Trinajstić information content (AvgIpc) is 3.33. The highest BCUT2D eigenvalue weighted by Gasteiger charge is 2.23. The number of hydrogen-bond acceptors (Lipinski definition) is 5. The van der Waals surface area contributed by atoms with Gasteiger partial charge >= 0.3 is 0 Å². The standard InChI is InChI=1S/C19H23ClN6O/c1-14(27)18-13-26(23-22-18)16-6-9-24(10-7-16)12-17-3-2-8-25(17)19-5-4-15(20)11-21-19/h2-5,8,11,13-14,16,27H,6-7,9-10,12H2,1H3/t14-/m0/s1. The number of pyridine rings is 1. The molecule has 8 heteroatoms. The molecule has 3 aromatic heterocycles. The van der Waals surface area contributed by atoms with E-state index in [-0.39, 0.29) is 0 Å². The molecule has 0 bridgehead atoms. The van der Waals surface area contributed by atoms with Crippen molar-refractivity contribution in [3.63, 3.8) is 0 Å². The molecule has 1 atom stereocenters. The third-order valence-corrected chi connectivity index (χ3v) is 5.29. The summed E-state index contributed by atoms with van der Waals surface area (Å²) < 4.78 is 4.01. The van der Waals surface area contributed by atoms with Crippen molar-refractivity contribution in [3.05, 3.63) is 59.3 Å². The minimum absolute atomic E-state index is 0.339. The van der Waals surface area contributed by atoms with Crippen LogP contribution in [-0.2, 0) is 6.54 Å². The lowest BCUT2D eigenvalue weighted by atomic mass is 10.1. The van der Waals surface area contributed by atoms with E-state index in [2.05, 4.69) is 30.8 Å². The van der Waals surface area contributed by atoms with Crippen LogP contribution in [0.4, 0.5) is 0 Å². The predicted molar refractivity (Wildman–Crippen MR) is 103 cm³/mol. The van der Waals surface area contributed by atoms with E-state index in [0.717, 1.165) is 38.3 Å². The molecule has 0 saturated carbocycles. The Balaban J connectivity index is 1.38. The molecule has 0 spiro atoms. The SMILES string of the molecule is C[C@H](O)c1cn(C2CCN(Cc3cccn3-c3ccc(Cl)cn3)CC2)nn1. The van der Waals surface area contributed by atoms with Crippen LogP contribution >= 0.6 is 11.6 Å². The zero-order valence-electron chi connectivity index (χ0n) is 15.2. The van der Waals surface area contributed by atoms with Gasteiger partial charge in [-0.15, -0.1) is 5.10 Å². The molecular weight excluding hydrogens is 364 g/mol. The van der Waals surface area contributed by atoms with E-state index in [0.29, 0.717) is 16.8 Å². The van der Waals surface area contributed by atoms with Gasteiger partial charge in [0.25, 0.3) is 0 Å². The second kappa shape index (κ2) is 7.80.